The normalized spacial score (nSPS) is 13.9. The molecule has 4 N–H and O–H groups in total. The molecule has 1 saturated heterocycles. The maximum absolute atomic E-state index is 11.5. The summed E-state index contributed by atoms with van der Waals surface area (Å²) in [5.74, 6) is 0.922. The maximum Gasteiger partial charge on any atom is 0.310 e. The Morgan fingerprint density at radius 2 is 2.04 bits per heavy atom. The number of carbonyl (C=O) groups excluding carboxylic acids is 1. The molecule has 0 unspecified atom stereocenters. The highest BCUT2D eigenvalue weighted by Gasteiger charge is 2.26. The van der Waals surface area contributed by atoms with Gasteiger partial charge in [-0.1, -0.05) is 12.1 Å². The molecule has 0 aliphatic carbocycles. The molecule has 144 valence electrons. The van der Waals surface area contributed by atoms with Crippen LogP contribution in [0, 0.1) is 0 Å². The number of nitrogens with one attached hydrogen (secondary N) is 2. The van der Waals surface area contributed by atoms with E-state index in [4.69, 9.17) is 10.5 Å². The van der Waals surface area contributed by atoms with Crippen LogP contribution >= 0.6 is 0 Å². The van der Waals surface area contributed by atoms with Crippen molar-refractivity contribution in [2.24, 2.45) is 0 Å². The average Bonchev–Trinajstić information content (AvgIpc) is 2.60. The first-order valence-corrected chi connectivity index (χ1v) is 9.11. The van der Waals surface area contributed by atoms with Crippen molar-refractivity contribution in [1.82, 2.24) is 15.3 Å². The Morgan fingerprint density at radius 3 is 2.70 bits per heavy atom. The number of nitrogens with two attached hydrogens (primary N) is 1. The number of aromatic nitrogens is 2. The fourth-order valence-electron chi connectivity index (χ4n) is 2.92. The van der Waals surface area contributed by atoms with Gasteiger partial charge in [0.25, 0.3) is 0 Å². The molecule has 3 rings (SSSR count). The third-order valence-corrected chi connectivity index (χ3v) is 4.48. The molecule has 2 aromatic rings. The van der Waals surface area contributed by atoms with Crippen LogP contribution in [0.2, 0.25) is 0 Å². The van der Waals surface area contributed by atoms with Gasteiger partial charge in [-0.3, -0.25) is 4.79 Å². The molecule has 1 fully saturated rings. The number of likely N-dealkylation sites (N-methyl/N-ethyl adjacent to an activating group) is 1. The third-order valence-electron chi connectivity index (χ3n) is 4.48. The summed E-state index contributed by atoms with van der Waals surface area (Å²) < 4.78 is 4.96. The van der Waals surface area contributed by atoms with E-state index in [0.29, 0.717) is 19.2 Å². The molecule has 8 heteroatoms. The van der Waals surface area contributed by atoms with Gasteiger partial charge in [0.05, 0.1) is 25.3 Å². The largest absolute Gasteiger partial charge is 0.466 e. The van der Waals surface area contributed by atoms with E-state index >= 15 is 0 Å². The molecule has 0 amide bonds. The van der Waals surface area contributed by atoms with Gasteiger partial charge in [0.15, 0.2) is 0 Å². The Hall–Kier alpha value is -2.87. The second-order valence-corrected chi connectivity index (χ2v) is 6.50. The van der Waals surface area contributed by atoms with E-state index in [1.54, 1.807) is 6.92 Å². The minimum Gasteiger partial charge on any atom is -0.466 e. The van der Waals surface area contributed by atoms with Crippen molar-refractivity contribution in [1.29, 1.82) is 0 Å². The van der Waals surface area contributed by atoms with Crippen LogP contribution in [-0.4, -0.2) is 48.7 Å². The summed E-state index contributed by atoms with van der Waals surface area (Å²) >= 11 is 0. The summed E-state index contributed by atoms with van der Waals surface area (Å²) in [5, 5.41) is 6.57. The zero-order chi connectivity index (χ0) is 19.2. The lowest BCUT2D eigenvalue weighted by Crippen LogP contribution is -2.57. The van der Waals surface area contributed by atoms with E-state index in [1.165, 1.54) is 0 Å². The average molecular weight is 370 g/mol. The van der Waals surface area contributed by atoms with Crippen LogP contribution < -0.4 is 21.3 Å². The molecule has 1 aromatic carbocycles. The topological polar surface area (TPSA) is 105 Å². The molecule has 0 atom stereocenters. The quantitative estimate of drug-likeness (QED) is 0.595. The van der Waals surface area contributed by atoms with Crippen molar-refractivity contribution in [3.63, 3.8) is 0 Å². The highest BCUT2D eigenvalue weighted by atomic mass is 16.5. The Morgan fingerprint density at radius 1 is 1.30 bits per heavy atom. The molecule has 8 nitrogen and oxygen atoms in total. The van der Waals surface area contributed by atoms with Crippen molar-refractivity contribution in [3.8, 4) is 0 Å². The van der Waals surface area contributed by atoms with Crippen LogP contribution in [0.3, 0.4) is 0 Å². The highest BCUT2D eigenvalue weighted by molar-refractivity contribution is 5.72. The summed E-state index contributed by atoms with van der Waals surface area (Å²) in [6.07, 6.45) is 0.281. The summed E-state index contributed by atoms with van der Waals surface area (Å²) in [6.45, 7) is 4.58. The SMILES string of the molecule is CCOC(=O)Cc1ccc(NCc2cc(N3CC(NC)C3)nc(N)n2)cc1. The van der Waals surface area contributed by atoms with E-state index in [2.05, 4.69) is 25.5 Å². The van der Waals surface area contributed by atoms with Gasteiger partial charge in [-0.25, -0.2) is 4.98 Å². The Balaban J connectivity index is 1.56. The molecule has 0 saturated carbocycles. The molecule has 1 aliphatic heterocycles. The number of rotatable bonds is 8. The molecule has 27 heavy (non-hydrogen) atoms. The summed E-state index contributed by atoms with van der Waals surface area (Å²) in [7, 11) is 1.96. The van der Waals surface area contributed by atoms with Gasteiger partial charge in [-0.2, -0.15) is 4.98 Å². The molecular formula is C19H26N6O2. The van der Waals surface area contributed by atoms with E-state index in [-0.39, 0.29) is 18.3 Å². The van der Waals surface area contributed by atoms with Crippen LogP contribution in [0.4, 0.5) is 17.5 Å². The Kier molecular flexibility index (Phi) is 6.08. The fraction of sp³-hybridized carbons (Fsp3) is 0.421. The van der Waals surface area contributed by atoms with Gasteiger partial charge in [0.1, 0.15) is 5.82 Å². The zero-order valence-electron chi connectivity index (χ0n) is 15.7. The van der Waals surface area contributed by atoms with Gasteiger partial charge in [0.2, 0.25) is 5.95 Å². The number of hydrogen-bond acceptors (Lipinski definition) is 8. The number of ether oxygens (including phenoxy) is 1. The van der Waals surface area contributed by atoms with Crippen LogP contribution in [0.1, 0.15) is 18.2 Å². The number of carbonyl (C=O) groups is 1. The van der Waals surface area contributed by atoms with Crippen LogP contribution in [0.5, 0.6) is 0 Å². The van der Waals surface area contributed by atoms with Gasteiger partial charge in [-0.15, -0.1) is 0 Å². The standard InChI is InChI=1S/C19H26N6O2/c1-3-27-18(26)8-13-4-6-14(7-5-13)22-10-15-9-17(24-19(20)23-15)25-11-16(12-25)21-2/h4-7,9,16,21-22H,3,8,10-12H2,1-2H3,(H2,20,23,24). The van der Waals surface area contributed by atoms with Crippen molar-refractivity contribution in [2.75, 3.05) is 42.7 Å². The minimum absolute atomic E-state index is 0.214. The molecule has 1 aromatic heterocycles. The van der Waals surface area contributed by atoms with Gasteiger partial charge >= 0.3 is 5.97 Å². The van der Waals surface area contributed by atoms with E-state index < -0.39 is 0 Å². The first kappa shape index (κ1) is 18.9. The first-order valence-electron chi connectivity index (χ1n) is 9.11. The monoisotopic (exact) mass is 370 g/mol. The van der Waals surface area contributed by atoms with E-state index in [9.17, 15) is 4.79 Å². The molecule has 0 spiro atoms. The van der Waals surface area contributed by atoms with Gasteiger partial charge < -0.3 is 26.0 Å². The van der Waals surface area contributed by atoms with Crippen molar-refractivity contribution in [3.05, 3.63) is 41.6 Å². The summed E-state index contributed by atoms with van der Waals surface area (Å²) in [6, 6.07) is 10.2. The lowest BCUT2D eigenvalue weighted by molar-refractivity contribution is -0.142. The maximum atomic E-state index is 11.5. The molecule has 0 radical (unpaired) electrons. The zero-order valence-corrected chi connectivity index (χ0v) is 15.7. The number of esters is 1. The third kappa shape index (κ3) is 5.07. The first-order chi connectivity index (χ1) is 13.1. The minimum atomic E-state index is -0.214. The predicted octanol–water partition coefficient (Wildman–Crippen LogP) is 1.18. The molecule has 2 heterocycles. The lowest BCUT2D eigenvalue weighted by atomic mass is 10.1. The van der Waals surface area contributed by atoms with Gasteiger partial charge in [0, 0.05) is 30.9 Å². The highest BCUT2D eigenvalue weighted by Crippen LogP contribution is 2.20. The van der Waals surface area contributed by atoms with Crippen LogP contribution in [0.15, 0.2) is 30.3 Å². The number of benzene rings is 1. The second kappa shape index (κ2) is 8.68. The Bertz CT molecular complexity index is 774. The second-order valence-electron chi connectivity index (χ2n) is 6.50. The van der Waals surface area contributed by atoms with E-state index in [1.807, 2.05) is 37.4 Å². The smallest absolute Gasteiger partial charge is 0.310 e. The Labute approximate surface area is 159 Å². The fourth-order valence-corrected chi connectivity index (χ4v) is 2.92. The molecule has 0 bridgehead atoms. The summed E-state index contributed by atoms with van der Waals surface area (Å²) in [5.41, 5.74) is 8.57. The number of nitrogens with zero attached hydrogens (tertiary/aromatic N) is 3. The van der Waals surface area contributed by atoms with Crippen LogP contribution in [-0.2, 0) is 22.5 Å². The van der Waals surface area contributed by atoms with Crippen molar-refractivity contribution in [2.45, 2.75) is 25.9 Å². The summed E-state index contributed by atoms with van der Waals surface area (Å²) in [4.78, 5) is 22.3. The predicted molar refractivity (Wildman–Crippen MR) is 106 cm³/mol. The number of hydrogen-bond donors (Lipinski definition) is 3. The molecular weight excluding hydrogens is 344 g/mol. The lowest BCUT2D eigenvalue weighted by Gasteiger charge is -2.40. The van der Waals surface area contributed by atoms with Crippen LogP contribution in [0.25, 0.3) is 0 Å². The van der Waals surface area contributed by atoms with Crippen molar-refractivity contribution >= 4 is 23.4 Å². The molecule has 1 aliphatic rings. The van der Waals surface area contributed by atoms with Gasteiger partial charge in [-0.05, 0) is 31.7 Å². The van der Waals surface area contributed by atoms with Crippen molar-refractivity contribution < 1.29 is 9.53 Å². The number of anilines is 3. The van der Waals surface area contributed by atoms with E-state index in [0.717, 1.165) is 35.9 Å². The number of nitrogen functional groups attached to an aromatic ring is 1.